The van der Waals surface area contributed by atoms with Gasteiger partial charge in [0.2, 0.25) is 11.8 Å². The van der Waals surface area contributed by atoms with E-state index in [0.717, 1.165) is 16.8 Å². The maximum absolute atomic E-state index is 12.3. The molecule has 2 aromatic carbocycles. The fraction of sp³-hybridized carbons (Fsp3) is 0.391. The lowest BCUT2D eigenvalue weighted by atomic mass is 10.1. The van der Waals surface area contributed by atoms with Crippen LogP contribution in [0.4, 0.5) is 5.69 Å². The summed E-state index contributed by atoms with van der Waals surface area (Å²) in [6.45, 7) is 4.77. The molecule has 0 fully saturated rings. The SMILES string of the molecule is COCCOc1ccc(C(C)NC(=O)CSCC(=O)Nc2cccc(C)c2)cc1OC. The quantitative estimate of drug-likeness (QED) is 0.485. The molecule has 0 spiro atoms. The highest BCUT2D eigenvalue weighted by Gasteiger charge is 2.14. The van der Waals surface area contributed by atoms with Gasteiger partial charge >= 0.3 is 0 Å². The molecule has 1 unspecified atom stereocenters. The molecular formula is C23H30N2O5S. The predicted octanol–water partition coefficient (Wildman–Crippen LogP) is 3.58. The van der Waals surface area contributed by atoms with E-state index in [0.29, 0.717) is 24.7 Å². The third-order valence-corrected chi connectivity index (χ3v) is 5.31. The van der Waals surface area contributed by atoms with E-state index in [1.165, 1.54) is 11.8 Å². The summed E-state index contributed by atoms with van der Waals surface area (Å²) in [6.07, 6.45) is 0. The van der Waals surface area contributed by atoms with Gasteiger partial charge in [-0.25, -0.2) is 0 Å². The molecule has 31 heavy (non-hydrogen) atoms. The van der Waals surface area contributed by atoms with Gasteiger partial charge in [-0.1, -0.05) is 18.2 Å². The molecule has 1 atom stereocenters. The molecule has 0 heterocycles. The molecule has 0 bridgehead atoms. The number of carbonyl (C=O) groups is 2. The average molecular weight is 447 g/mol. The van der Waals surface area contributed by atoms with Gasteiger partial charge < -0.3 is 24.8 Å². The van der Waals surface area contributed by atoms with Gasteiger partial charge in [-0.2, -0.15) is 0 Å². The zero-order valence-electron chi connectivity index (χ0n) is 18.4. The Morgan fingerprint density at radius 2 is 1.77 bits per heavy atom. The van der Waals surface area contributed by atoms with Crippen LogP contribution < -0.4 is 20.1 Å². The Bertz CT molecular complexity index is 875. The third-order valence-electron chi connectivity index (χ3n) is 4.38. The molecule has 0 aliphatic carbocycles. The Morgan fingerprint density at radius 3 is 2.48 bits per heavy atom. The van der Waals surface area contributed by atoms with E-state index in [1.54, 1.807) is 14.2 Å². The number of ether oxygens (including phenoxy) is 3. The molecule has 0 aromatic heterocycles. The highest BCUT2D eigenvalue weighted by Crippen LogP contribution is 2.30. The Balaban J connectivity index is 1.79. The zero-order valence-corrected chi connectivity index (χ0v) is 19.2. The number of hydrogen-bond acceptors (Lipinski definition) is 6. The van der Waals surface area contributed by atoms with E-state index in [1.807, 2.05) is 56.3 Å². The minimum atomic E-state index is -0.212. The number of rotatable bonds is 12. The van der Waals surface area contributed by atoms with Crippen molar-refractivity contribution >= 4 is 29.3 Å². The van der Waals surface area contributed by atoms with Gasteiger partial charge in [0, 0.05) is 12.8 Å². The summed E-state index contributed by atoms with van der Waals surface area (Å²) in [5, 5.41) is 5.78. The van der Waals surface area contributed by atoms with E-state index in [9.17, 15) is 9.59 Å². The van der Waals surface area contributed by atoms with Crippen LogP contribution in [-0.2, 0) is 14.3 Å². The lowest BCUT2D eigenvalue weighted by Gasteiger charge is -2.17. The van der Waals surface area contributed by atoms with E-state index >= 15 is 0 Å². The van der Waals surface area contributed by atoms with Crippen LogP contribution in [0, 0.1) is 6.92 Å². The monoisotopic (exact) mass is 446 g/mol. The van der Waals surface area contributed by atoms with Crippen LogP contribution in [0.2, 0.25) is 0 Å². The number of thioether (sulfide) groups is 1. The van der Waals surface area contributed by atoms with E-state index in [4.69, 9.17) is 14.2 Å². The van der Waals surface area contributed by atoms with Gasteiger partial charge in [-0.15, -0.1) is 11.8 Å². The number of carbonyl (C=O) groups excluding carboxylic acids is 2. The van der Waals surface area contributed by atoms with Gasteiger partial charge in [0.15, 0.2) is 11.5 Å². The van der Waals surface area contributed by atoms with Gasteiger partial charge in [0.1, 0.15) is 6.61 Å². The summed E-state index contributed by atoms with van der Waals surface area (Å²) >= 11 is 1.27. The lowest BCUT2D eigenvalue weighted by Crippen LogP contribution is -2.28. The second-order valence-electron chi connectivity index (χ2n) is 6.95. The summed E-state index contributed by atoms with van der Waals surface area (Å²) in [4.78, 5) is 24.3. The van der Waals surface area contributed by atoms with Crippen LogP contribution >= 0.6 is 11.8 Å². The Hall–Kier alpha value is -2.71. The molecule has 168 valence electrons. The molecule has 0 radical (unpaired) electrons. The number of hydrogen-bond donors (Lipinski definition) is 2. The molecule has 2 rings (SSSR count). The van der Waals surface area contributed by atoms with Crippen LogP contribution in [0.25, 0.3) is 0 Å². The van der Waals surface area contributed by atoms with Crippen molar-refractivity contribution in [3.05, 3.63) is 53.6 Å². The number of methoxy groups -OCH3 is 2. The summed E-state index contributed by atoms with van der Waals surface area (Å²) in [6, 6.07) is 12.9. The molecule has 7 nitrogen and oxygen atoms in total. The standard InChI is InChI=1S/C23H30N2O5S/c1-16-6-5-7-19(12-16)25-23(27)15-31-14-22(26)24-17(2)18-8-9-20(21(13-18)29-4)30-11-10-28-3/h5-9,12-13,17H,10-11,14-15H2,1-4H3,(H,24,26)(H,25,27). The predicted molar refractivity (Wildman–Crippen MR) is 124 cm³/mol. The first-order valence-corrected chi connectivity index (χ1v) is 11.1. The number of amides is 2. The summed E-state index contributed by atoms with van der Waals surface area (Å²) in [5.74, 6) is 1.34. The largest absolute Gasteiger partial charge is 0.493 e. The molecular weight excluding hydrogens is 416 g/mol. The third kappa shape index (κ3) is 8.51. The maximum atomic E-state index is 12.3. The average Bonchev–Trinajstić information content (AvgIpc) is 2.74. The van der Waals surface area contributed by atoms with Crippen LogP contribution in [0.5, 0.6) is 11.5 Å². The van der Waals surface area contributed by atoms with Crippen LogP contribution in [0.1, 0.15) is 24.1 Å². The number of benzene rings is 2. The second-order valence-corrected chi connectivity index (χ2v) is 7.94. The van der Waals surface area contributed by atoms with Crippen LogP contribution in [0.3, 0.4) is 0 Å². The minimum Gasteiger partial charge on any atom is -0.493 e. The molecule has 8 heteroatoms. The van der Waals surface area contributed by atoms with Crippen molar-refractivity contribution in [2.24, 2.45) is 0 Å². The molecule has 0 aliphatic rings. The van der Waals surface area contributed by atoms with Crippen molar-refractivity contribution < 1.29 is 23.8 Å². The van der Waals surface area contributed by atoms with Crippen molar-refractivity contribution in [1.29, 1.82) is 0 Å². The zero-order chi connectivity index (χ0) is 22.6. The van der Waals surface area contributed by atoms with Gasteiger partial charge in [0.05, 0.1) is 31.3 Å². The topological polar surface area (TPSA) is 85.9 Å². The number of anilines is 1. The summed E-state index contributed by atoms with van der Waals surface area (Å²) in [7, 11) is 3.19. The summed E-state index contributed by atoms with van der Waals surface area (Å²) < 4.78 is 16.0. The molecule has 2 N–H and O–H groups in total. The summed E-state index contributed by atoms with van der Waals surface area (Å²) in [5.41, 5.74) is 2.73. The van der Waals surface area contributed by atoms with Crippen molar-refractivity contribution in [2.45, 2.75) is 19.9 Å². The molecule has 0 saturated carbocycles. The van der Waals surface area contributed by atoms with Crippen LogP contribution in [-0.4, -0.2) is 50.8 Å². The fourth-order valence-corrected chi connectivity index (χ4v) is 3.46. The van der Waals surface area contributed by atoms with E-state index in [2.05, 4.69) is 10.6 Å². The minimum absolute atomic E-state index is 0.134. The van der Waals surface area contributed by atoms with Crippen LogP contribution in [0.15, 0.2) is 42.5 Å². The number of aryl methyl sites for hydroxylation is 1. The van der Waals surface area contributed by atoms with Crippen molar-refractivity contribution in [3.8, 4) is 11.5 Å². The van der Waals surface area contributed by atoms with Crippen molar-refractivity contribution in [1.82, 2.24) is 5.32 Å². The normalized spacial score (nSPS) is 11.5. The smallest absolute Gasteiger partial charge is 0.234 e. The van der Waals surface area contributed by atoms with E-state index in [-0.39, 0.29) is 29.4 Å². The fourth-order valence-electron chi connectivity index (χ4n) is 2.83. The molecule has 0 saturated heterocycles. The molecule has 0 aliphatic heterocycles. The lowest BCUT2D eigenvalue weighted by molar-refractivity contribution is -0.119. The molecule has 2 aromatic rings. The second kappa shape index (κ2) is 12.9. The first-order valence-electron chi connectivity index (χ1n) is 9.96. The molecule has 2 amide bonds. The Morgan fingerprint density at radius 1 is 1.00 bits per heavy atom. The van der Waals surface area contributed by atoms with Gasteiger partial charge in [0.25, 0.3) is 0 Å². The first-order chi connectivity index (χ1) is 14.9. The Kier molecular flexibility index (Phi) is 10.2. The maximum Gasteiger partial charge on any atom is 0.234 e. The number of nitrogens with one attached hydrogen (secondary N) is 2. The van der Waals surface area contributed by atoms with Crippen molar-refractivity contribution in [3.63, 3.8) is 0 Å². The van der Waals surface area contributed by atoms with Gasteiger partial charge in [-0.05, 0) is 49.2 Å². The Labute approximate surface area is 187 Å². The first kappa shape index (κ1) is 24.6. The highest BCUT2D eigenvalue weighted by atomic mass is 32.2. The van der Waals surface area contributed by atoms with Gasteiger partial charge in [-0.3, -0.25) is 9.59 Å². The highest BCUT2D eigenvalue weighted by molar-refractivity contribution is 8.00. The van der Waals surface area contributed by atoms with E-state index < -0.39 is 0 Å². The van der Waals surface area contributed by atoms with Crippen molar-refractivity contribution in [2.75, 3.05) is 44.3 Å².